The molecule has 1 aromatic rings. The molecule has 4 heteroatoms. The van der Waals surface area contributed by atoms with Crippen LogP contribution in [0.5, 0.6) is 5.75 Å². The molecule has 1 unspecified atom stereocenters. The fourth-order valence-electron chi connectivity index (χ4n) is 1.74. The van der Waals surface area contributed by atoms with E-state index in [-0.39, 0.29) is 12.1 Å². The van der Waals surface area contributed by atoms with Crippen molar-refractivity contribution in [3.05, 3.63) is 24.3 Å². The highest BCUT2D eigenvalue weighted by Crippen LogP contribution is 2.25. The third kappa shape index (κ3) is 5.85. The van der Waals surface area contributed by atoms with Gasteiger partial charge >= 0.3 is 0 Å². The molecule has 2 N–H and O–H groups in total. The Kier molecular flexibility index (Phi) is 7.28. The first-order valence-electron chi connectivity index (χ1n) is 6.76. The molecule has 0 bridgehead atoms. The van der Waals surface area contributed by atoms with E-state index in [9.17, 15) is 5.11 Å². The quantitative estimate of drug-likeness (QED) is 0.684. The van der Waals surface area contributed by atoms with Gasteiger partial charge in [0.05, 0.1) is 13.7 Å². The van der Waals surface area contributed by atoms with E-state index in [1.807, 2.05) is 18.2 Å². The van der Waals surface area contributed by atoms with Crippen LogP contribution in [0.4, 0.5) is 0 Å². The minimum absolute atomic E-state index is 0.172. The summed E-state index contributed by atoms with van der Waals surface area (Å²) in [5.74, 6) is 1.86. The maximum atomic E-state index is 9.50. The number of rotatable bonds is 9. The van der Waals surface area contributed by atoms with Crippen LogP contribution in [-0.2, 0) is 0 Å². The number of hydrogen-bond donors (Lipinski definition) is 2. The van der Waals surface area contributed by atoms with Crippen molar-refractivity contribution in [2.45, 2.75) is 37.1 Å². The summed E-state index contributed by atoms with van der Waals surface area (Å²) in [4.78, 5) is 1.20. The molecule has 0 amide bonds. The monoisotopic (exact) mass is 283 g/mol. The third-order valence-corrected chi connectivity index (χ3v) is 4.11. The molecule has 0 fully saturated rings. The third-order valence-electron chi connectivity index (χ3n) is 3.11. The molecule has 0 aliphatic carbocycles. The van der Waals surface area contributed by atoms with Crippen LogP contribution in [0.25, 0.3) is 0 Å². The van der Waals surface area contributed by atoms with Crippen LogP contribution in [0.15, 0.2) is 29.2 Å². The summed E-state index contributed by atoms with van der Waals surface area (Å²) in [5.41, 5.74) is -0.179. The number of aliphatic hydroxyl groups excluding tert-OH is 1. The minimum Gasteiger partial charge on any atom is -0.497 e. The van der Waals surface area contributed by atoms with Crippen LogP contribution in [0.2, 0.25) is 0 Å². The number of aliphatic hydroxyl groups is 1. The molecule has 0 saturated heterocycles. The van der Waals surface area contributed by atoms with E-state index < -0.39 is 0 Å². The predicted octanol–water partition coefficient (Wildman–Crippen LogP) is 2.93. The summed E-state index contributed by atoms with van der Waals surface area (Å²) in [7, 11) is 1.68. The Balaban J connectivity index is 2.43. The molecule has 1 aromatic carbocycles. The maximum Gasteiger partial charge on any atom is 0.119 e. The lowest BCUT2D eigenvalue weighted by Gasteiger charge is -2.28. The highest BCUT2D eigenvalue weighted by molar-refractivity contribution is 7.99. The van der Waals surface area contributed by atoms with Crippen LogP contribution >= 0.6 is 11.8 Å². The van der Waals surface area contributed by atoms with E-state index in [1.165, 1.54) is 4.90 Å². The van der Waals surface area contributed by atoms with Crippen molar-refractivity contribution in [3.8, 4) is 5.75 Å². The molecule has 0 spiro atoms. The van der Waals surface area contributed by atoms with Gasteiger partial charge in [0.25, 0.3) is 0 Å². The molecule has 0 aromatic heterocycles. The van der Waals surface area contributed by atoms with Crippen molar-refractivity contribution in [2.75, 3.05) is 26.0 Å². The minimum atomic E-state index is -0.179. The zero-order valence-electron chi connectivity index (χ0n) is 12.1. The Morgan fingerprint density at radius 2 is 2.21 bits per heavy atom. The SMILES string of the molecule is CCCNC(C)(CO)CCSc1cccc(OC)c1. The van der Waals surface area contributed by atoms with Gasteiger partial charge in [-0.3, -0.25) is 0 Å². The number of hydrogen-bond acceptors (Lipinski definition) is 4. The molecule has 0 heterocycles. The predicted molar refractivity (Wildman–Crippen MR) is 82.1 cm³/mol. The van der Waals surface area contributed by atoms with E-state index in [2.05, 4.69) is 25.2 Å². The lowest BCUT2D eigenvalue weighted by atomic mass is 10.0. The second-order valence-electron chi connectivity index (χ2n) is 4.92. The molecular weight excluding hydrogens is 258 g/mol. The van der Waals surface area contributed by atoms with Gasteiger partial charge in [-0.1, -0.05) is 13.0 Å². The normalized spacial score (nSPS) is 14.1. The van der Waals surface area contributed by atoms with Gasteiger partial charge in [-0.05, 0) is 50.3 Å². The summed E-state index contributed by atoms with van der Waals surface area (Å²) >= 11 is 1.79. The van der Waals surface area contributed by atoms with Crippen LogP contribution in [-0.4, -0.2) is 36.7 Å². The van der Waals surface area contributed by atoms with E-state index in [1.54, 1.807) is 18.9 Å². The molecule has 108 valence electrons. The van der Waals surface area contributed by atoms with Crippen LogP contribution in [0, 0.1) is 0 Å². The van der Waals surface area contributed by atoms with Gasteiger partial charge in [-0.2, -0.15) is 0 Å². The Morgan fingerprint density at radius 1 is 1.42 bits per heavy atom. The zero-order valence-corrected chi connectivity index (χ0v) is 12.9. The largest absolute Gasteiger partial charge is 0.497 e. The highest BCUT2D eigenvalue weighted by Gasteiger charge is 2.21. The van der Waals surface area contributed by atoms with Gasteiger partial charge in [-0.25, -0.2) is 0 Å². The van der Waals surface area contributed by atoms with Crippen molar-refractivity contribution in [3.63, 3.8) is 0 Å². The Labute approximate surface area is 120 Å². The average molecular weight is 283 g/mol. The summed E-state index contributed by atoms with van der Waals surface area (Å²) in [6, 6.07) is 8.08. The fourth-order valence-corrected chi connectivity index (χ4v) is 2.90. The Bertz CT molecular complexity index is 373. The highest BCUT2D eigenvalue weighted by atomic mass is 32.2. The van der Waals surface area contributed by atoms with Crippen molar-refractivity contribution in [1.82, 2.24) is 5.32 Å². The number of benzene rings is 1. The van der Waals surface area contributed by atoms with Gasteiger partial charge in [0, 0.05) is 10.4 Å². The molecule has 3 nitrogen and oxygen atoms in total. The standard InChI is InChI=1S/C15H25NO2S/c1-4-9-16-15(2,12-17)8-10-19-14-7-5-6-13(11-14)18-3/h5-7,11,16-17H,4,8-10,12H2,1-3H3. The van der Waals surface area contributed by atoms with Gasteiger partial charge in [0.15, 0.2) is 0 Å². The number of nitrogens with one attached hydrogen (secondary N) is 1. The topological polar surface area (TPSA) is 41.5 Å². The summed E-state index contributed by atoms with van der Waals surface area (Å²) in [5, 5.41) is 12.9. The van der Waals surface area contributed by atoms with E-state index >= 15 is 0 Å². The smallest absolute Gasteiger partial charge is 0.119 e. The Morgan fingerprint density at radius 3 is 2.84 bits per heavy atom. The van der Waals surface area contributed by atoms with Gasteiger partial charge in [0.2, 0.25) is 0 Å². The lowest BCUT2D eigenvalue weighted by molar-refractivity contribution is 0.171. The molecule has 1 atom stereocenters. The average Bonchev–Trinajstić information content (AvgIpc) is 2.45. The molecule has 0 radical (unpaired) electrons. The second-order valence-corrected chi connectivity index (χ2v) is 6.09. The van der Waals surface area contributed by atoms with Crippen LogP contribution < -0.4 is 10.1 Å². The number of thioether (sulfide) groups is 1. The van der Waals surface area contributed by atoms with Gasteiger partial charge < -0.3 is 15.2 Å². The van der Waals surface area contributed by atoms with Crippen molar-refractivity contribution in [2.24, 2.45) is 0 Å². The lowest BCUT2D eigenvalue weighted by Crippen LogP contribution is -2.46. The van der Waals surface area contributed by atoms with Crippen molar-refractivity contribution < 1.29 is 9.84 Å². The van der Waals surface area contributed by atoms with Crippen LogP contribution in [0.3, 0.4) is 0 Å². The fraction of sp³-hybridized carbons (Fsp3) is 0.600. The molecule has 0 saturated carbocycles. The van der Waals surface area contributed by atoms with E-state index in [0.29, 0.717) is 0 Å². The van der Waals surface area contributed by atoms with Gasteiger partial charge in [0.1, 0.15) is 5.75 Å². The molecular formula is C15H25NO2S. The second kappa shape index (κ2) is 8.46. The molecule has 19 heavy (non-hydrogen) atoms. The first-order valence-corrected chi connectivity index (χ1v) is 7.75. The molecule has 1 rings (SSSR count). The van der Waals surface area contributed by atoms with Crippen LogP contribution in [0.1, 0.15) is 26.7 Å². The number of ether oxygens (including phenoxy) is 1. The molecule has 0 aliphatic rings. The number of methoxy groups -OCH3 is 1. The van der Waals surface area contributed by atoms with Crippen molar-refractivity contribution >= 4 is 11.8 Å². The summed E-state index contributed by atoms with van der Waals surface area (Å²) in [6.45, 7) is 5.33. The van der Waals surface area contributed by atoms with Gasteiger partial charge in [-0.15, -0.1) is 11.8 Å². The van der Waals surface area contributed by atoms with E-state index in [4.69, 9.17) is 4.74 Å². The Hall–Kier alpha value is -0.710. The summed E-state index contributed by atoms with van der Waals surface area (Å²) < 4.78 is 5.21. The van der Waals surface area contributed by atoms with E-state index in [0.717, 1.165) is 30.9 Å². The zero-order chi connectivity index (χ0) is 14.1. The summed E-state index contributed by atoms with van der Waals surface area (Å²) in [6.07, 6.45) is 2.02. The molecule has 0 aliphatic heterocycles. The maximum absolute atomic E-state index is 9.50. The van der Waals surface area contributed by atoms with Crippen molar-refractivity contribution in [1.29, 1.82) is 0 Å². The first kappa shape index (κ1) is 16.3. The first-order chi connectivity index (χ1) is 9.13.